The van der Waals surface area contributed by atoms with Gasteiger partial charge in [0, 0.05) is 5.56 Å². The number of ether oxygens (including phenoxy) is 3. The Morgan fingerprint density at radius 2 is 1.77 bits per heavy atom. The van der Waals surface area contributed by atoms with Gasteiger partial charge in [0.15, 0.2) is 5.11 Å². The molecule has 0 unspecified atom stereocenters. The second kappa shape index (κ2) is 10.6. The van der Waals surface area contributed by atoms with Gasteiger partial charge in [0.1, 0.15) is 5.75 Å². The Balaban J connectivity index is 1.75. The normalized spacial score (nSPS) is 10.6. The standard InChI is InChI=1S/C21H20ClN5O3S/c1-13-7-6-10-17(30-20-25-18(28-2)11-19(26-20)29-3)14(13)12-23-27-21(31)24-16-9-5-4-8-15(16)22/h4-12H,1-3H3,(H2,24,27,31). The number of hydrogen-bond donors (Lipinski definition) is 2. The highest BCUT2D eigenvalue weighted by Crippen LogP contribution is 2.27. The van der Waals surface area contributed by atoms with Crippen LogP contribution in [0.4, 0.5) is 5.69 Å². The minimum Gasteiger partial charge on any atom is -0.481 e. The van der Waals surface area contributed by atoms with Gasteiger partial charge in [-0.15, -0.1) is 0 Å². The smallest absolute Gasteiger partial charge is 0.328 e. The molecule has 0 bridgehead atoms. The zero-order valence-electron chi connectivity index (χ0n) is 17.0. The average Bonchev–Trinajstić information content (AvgIpc) is 2.77. The third-order valence-electron chi connectivity index (χ3n) is 4.04. The largest absolute Gasteiger partial charge is 0.481 e. The molecule has 10 heteroatoms. The number of halogens is 1. The summed E-state index contributed by atoms with van der Waals surface area (Å²) in [5, 5.41) is 8.04. The highest BCUT2D eigenvalue weighted by molar-refractivity contribution is 7.80. The fourth-order valence-electron chi connectivity index (χ4n) is 2.51. The molecule has 1 heterocycles. The Bertz CT molecular complexity index is 1090. The quantitative estimate of drug-likeness (QED) is 0.303. The van der Waals surface area contributed by atoms with Crippen molar-refractivity contribution < 1.29 is 14.2 Å². The van der Waals surface area contributed by atoms with Crippen LogP contribution in [0.25, 0.3) is 0 Å². The van der Waals surface area contributed by atoms with Gasteiger partial charge in [-0.25, -0.2) is 0 Å². The van der Waals surface area contributed by atoms with Crippen LogP contribution in [-0.2, 0) is 0 Å². The predicted molar refractivity (Wildman–Crippen MR) is 125 cm³/mol. The van der Waals surface area contributed by atoms with Crippen molar-refractivity contribution >= 4 is 40.8 Å². The fraction of sp³-hybridized carbons (Fsp3) is 0.143. The van der Waals surface area contributed by atoms with E-state index in [-0.39, 0.29) is 6.01 Å². The first-order chi connectivity index (χ1) is 15.0. The molecule has 1 aromatic heterocycles. The van der Waals surface area contributed by atoms with E-state index in [1.54, 1.807) is 24.4 Å². The van der Waals surface area contributed by atoms with Gasteiger partial charge in [-0.3, -0.25) is 5.43 Å². The minimum atomic E-state index is 0.0836. The number of hydrogen-bond acceptors (Lipinski definition) is 7. The van der Waals surface area contributed by atoms with Gasteiger partial charge in [-0.2, -0.15) is 15.1 Å². The van der Waals surface area contributed by atoms with E-state index in [2.05, 4.69) is 25.8 Å². The van der Waals surface area contributed by atoms with E-state index in [1.165, 1.54) is 14.2 Å². The van der Waals surface area contributed by atoms with Crippen molar-refractivity contribution in [2.24, 2.45) is 5.10 Å². The molecule has 0 amide bonds. The van der Waals surface area contributed by atoms with E-state index in [4.69, 9.17) is 38.0 Å². The first-order valence-electron chi connectivity index (χ1n) is 9.09. The molecule has 0 radical (unpaired) electrons. The summed E-state index contributed by atoms with van der Waals surface area (Å²) in [6.07, 6.45) is 1.60. The third-order valence-corrected chi connectivity index (χ3v) is 4.57. The maximum absolute atomic E-state index is 6.13. The summed E-state index contributed by atoms with van der Waals surface area (Å²) in [7, 11) is 3.00. The van der Waals surface area contributed by atoms with Gasteiger partial charge in [0.2, 0.25) is 11.8 Å². The van der Waals surface area contributed by atoms with E-state index >= 15 is 0 Å². The summed E-state index contributed by atoms with van der Waals surface area (Å²) in [5.41, 5.74) is 5.10. The number of hydrazone groups is 1. The van der Waals surface area contributed by atoms with Gasteiger partial charge in [-0.05, 0) is 42.9 Å². The van der Waals surface area contributed by atoms with Crippen molar-refractivity contribution in [2.45, 2.75) is 6.92 Å². The number of methoxy groups -OCH3 is 2. The third kappa shape index (κ3) is 6.03. The summed E-state index contributed by atoms with van der Waals surface area (Å²) in [4.78, 5) is 8.38. The lowest BCUT2D eigenvalue weighted by Gasteiger charge is -2.11. The molecule has 160 valence electrons. The Hall–Kier alpha value is -3.43. The Morgan fingerprint density at radius 3 is 2.45 bits per heavy atom. The van der Waals surface area contributed by atoms with Crippen LogP contribution in [0.15, 0.2) is 53.6 Å². The number of benzene rings is 2. The molecule has 2 N–H and O–H groups in total. The SMILES string of the molecule is COc1cc(OC)nc(Oc2cccc(C)c2C=NNC(=S)Nc2ccccc2Cl)n1. The number of rotatable bonds is 7. The molecule has 0 aliphatic heterocycles. The van der Waals surface area contributed by atoms with Crippen LogP contribution in [0.3, 0.4) is 0 Å². The minimum absolute atomic E-state index is 0.0836. The number of nitrogens with one attached hydrogen (secondary N) is 2. The topological polar surface area (TPSA) is 89.9 Å². The number of thiocarbonyl (C=S) groups is 1. The number of para-hydroxylation sites is 1. The molecular weight excluding hydrogens is 438 g/mol. The lowest BCUT2D eigenvalue weighted by molar-refractivity contribution is 0.348. The number of aryl methyl sites for hydroxylation is 1. The van der Waals surface area contributed by atoms with Crippen LogP contribution in [-0.4, -0.2) is 35.5 Å². The maximum atomic E-state index is 6.13. The van der Waals surface area contributed by atoms with Gasteiger partial charge < -0.3 is 19.5 Å². The zero-order chi connectivity index (χ0) is 22.2. The van der Waals surface area contributed by atoms with Crippen LogP contribution >= 0.6 is 23.8 Å². The van der Waals surface area contributed by atoms with E-state index in [1.807, 2.05) is 37.3 Å². The molecule has 31 heavy (non-hydrogen) atoms. The second-order valence-electron chi connectivity index (χ2n) is 6.13. The van der Waals surface area contributed by atoms with Crippen LogP contribution in [0.2, 0.25) is 5.02 Å². The summed E-state index contributed by atoms with van der Waals surface area (Å²) < 4.78 is 16.2. The summed E-state index contributed by atoms with van der Waals surface area (Å²) in [6, 6.07) is 14.5. The van der Waals surface area contributed by atoms with Crippen LogP contribution < -0.4 is 25.0 Å². The highest BCUT2D eigenvalue weighted by atomic mass is 35.5. The predicted octanol–water partition coefficient (Wildman–Crippen LogP) is 4.57. The van der Waals surface area contributed by atoms with Gasteiger partial charge in [0.05, 0.1) is 37.2 Å². The summed E-state index contributed by atoms with van der Waals surface area (Å²) >= 11 is 11.4. The highest BCUT2D eigenvalue weighted by Gasteiger charge is 2.11. The number of nitrogens with zero attached hydrogens (tertiary/aromatic N) is 3. The van der Waals surface area contributed by atoms with Crippen LogP contribution in [0.5, 0.6) is 23.5 Å². The van der Waals surface area contributed by atoms with Crippen molar-refractivity contribution in [3.05, 3.63) is 64.7 Å². The van der Waals surface area contributed by atoms with Gasteiger partial charge >= 0.3 is 6.01 Å². The average molecular weight is 458 g/mol. The molecule has 0 fully saturated rings. The number of anilines is 1. The van der Waals surface area contributed by atoms with Crippen molar-refractivity contribution in [2.75, 3.05) is 19.5 Å². The van der Waals surface area contributed by atoms with Crippen molar-refractivity contribution in [3.8, 4) is 23.5 Å². The molecule has 0 saturated carbocycles. The Labute approximate surface area is 190 Å². The van der Waals surface area contributed by atoms with Gasteiger partial charge in [0.25, 0.3) is 0 Å². The molecule has 8 nitrogen and oxygen atoms in total. The number of aromatic nitrogens is 2. The van der Waals surface area contributed by atoms with E-state index in [0.717, 1.165) is 11.1 Å². The summed E-state index contributed by atoms with van der Waals surface area (Å²) in [5.74, 6) is 1.15. The monoisotopic (exact) mass is 457 g/mol. The summed E-state index contributed by atoms with van der Waals surface area (Å²) in [6.45, 7) is 1.93. The van der Waals surface area contributed by atoms with Crippen molar-refractivity contribution in [1.29, 1.82) is 0 Å². The van der Waals surface area contributed by atoms with E-state index in [9.17, 15) is 0 Å². The molecule has 0 aliphatic rings. The maximum Gasteiger partial charge on any atom is 0.328 e. The lowest BCUT2D eigenvalue weighted by atomic mass is 10.1. The first kappa shape index (κ1) is 22.3. The van der Waals surface area contributed by atoms with E-state index < -0.39 is 0 Å². The van der Waals surface area contributed by atoms with Crippen LogP contribution in [0, 0.1) is 6.92 Å². The van der Waals surface area contributed by atoms with Crippen molar-refractivity contribution in [3.63, 3.8) is 0 Å². The Morgan fingerprint density at radius 1 is 1.06 bits per heavy atom. The molecule has 0 atom stereocenters. The molecule has 0 aliphatic carbocycles. The Kier molecular flexibility index (Phi) is 7.58. The zero-order valence-corrected chi connectivity index (χ0v) is 18.6. The molecule has 3 rings (SSSR count). The van der Waals surface area contributed by atoms with Crippen LogP contribution in [0.1, 0.15) is 11.1 Å². The molecule has 0 spiro atoms. The molecule has 0 saturated heterocycles. The molecule has 2 aromatic carbocycles. The fourth-order valence-corrected chi connectivity index (χ4v) is 2.86. The van der Waals surface area contributed by atoms with E-state index in [0.29, 0.717) is 33.3 Å². The first-order valence-corrected chi connectivity index (χ1v) is 9.88. The van der Waals surface area contributed by atoms with Gasteiger partial charge in [-0.1, -0.05) is 35.9 Å². The molecular formula is C21H20ClN5O3S. The lowest BCUT2D eigenvalue weighted by Crippen LogP contribution is -2.24. The van der Waals surface area contributed by atoms with Crippen molar-refractivity contribution in [1.82, 2.24) is 15.4 Å². The molecule has 3 aromatic rings. The second-order valence-corrected chi connectivity index (χ2v) is 6.94.